The molecule has 1 N–H and O–H groups in total. The summed E-state index contributed by atoms with van der Waals surface area (Å²) >= 11 is 0. The van der Waals surface area contributed by atoms with Gasteiger partial charge in [-0.25, -0.2) is 17.6 Å². The van der Waals surface area contributed by atoms with Crippen molar-refractivity contribution < 1.29 is 17.6 Å². The van der Waals surface area contributed by atoms with Gasteiger partial charge in [0.1, 0.15) is 15.7 Å². The molecule has 7 heteroatoms. The molecule has 1 aromatic rings. The van der Waals surface area contributed by atoms with Crippen LogP contribution in [0.15, 0.2) is 24.3 Å². The Hall–Kier alpha value is -1.63. The smallest absolute Gasteiger partial charge is 0.317 e. The Balaban J connectivity index is 2.88. The molecule has 1 rings (SSSR count). The van der Waals surface area contributed by atoms with Gasteiger partial charge < -0.3 is 10.2 Å². The monoisotopic (exact) mass is 344 g/mol. The highest BCUT2D eigenvalue weighted by molar-refractivity contribution is 7.90. The van der Waals surface area contributed by atoms with Crippen molar-refractivity contribution in [2.24, 2.45) is 5.41 Å². The molecule has 0 radical (unpaired) electrons. The zero-order valence-corrected chi connectivity index (χ0v) is 15.1. The topological polar surface area (TPSA) is 66.5 Å². The van der Waals surface area contributed by atoms with Crippen LogP contribution in [0.3, 0.4) is 0 Å². The molecule has 2 amide bonds. The van der Waals surface area contributed by atoms with E-state index < -0.39 is 21.9 Å². The standard InChI is InChI=1S/C16H25FN2O3S/c1-16(2,3)14(12-7-6-8-13(17)11-12)18-15(20)19(4)9-10-23(5,21)22/h6-8,11,14H,9-10H2,1-5H3,(H,18,20)/t14-/m0/s1. The molecule has 1 atom stereocenters. The van der Waals surface area contributed by atoms with Crippen LogP contribution in [0, 0.1) is 11.2 Å². The number of benzene rings is 1. The first-order chi connectivity index (χ1) is 10.4. The fourth-order valence-corrected chi connectivity index (χ4v) is 2.73. The maximum atomic E-state index is 13.5. The minimum absolute atomic E-state index is 0.100. The number of halogens is 1. The van der Waals surface area contributed by atoms with Crippen LogP contribution >= 0.6 is 0 Å². The molecular weight excluding hydrogens is 319 g/mol. The van der Waals surface area contributed by atoms with E-state index in [1.807, 2.05) is 20.8 Å². The summed E-state index contributed by atoms with van der Waals surface area (Å²) in [6, 6.07) is 5.32. The number of rotatable bonds is 5. The average molecular weight is 344 g/mol. The van der Waals surface area contributed by atoms with E-state index in [0.717, 1.165) is 6.26 Å². The van der Waals surface area contributed by atoms with Crippen molar-refractivity contribution in [3.63, 3.8) is 0 Å². The number of sulfone groups is 1. The summed E-state index contributed by atoms with van der Waals surface area (Å²) in [5.74, 6) is -0.465. The predicted octanol–water partition coefficient (Wildman–Crippen LogP) is 2.60. The van der Waals surface area contributed by atoms with Gasteiger partial charge in [0.15, 0.2) is 0 Å². The first kappa shape index (κ1) is 19.4. The van der Waals surface area contributed by atoms with Gasteiger partial charge in [0.05, 0.1) is 11.8 Å². The largest absolute Gasteiger partial charge is 0.331 e. The number of hydrogen-bond donors (Lipinski definition) is 1. The number of carbonyl (C=O) groups excluding carboxylic acids is 1. The molecule has 0 aliphatic rings. The first-order valence-corrected chi connectivity index (χ1v) is 9.41. The van der Waals surface area contributed by atoms with Crippen molar-refractivity contribution in [2.75, 3.05) is 25.6 Å². The number of carbonyl (C=O) groups is 1. The number of urea groups is 1. The van der Waals surface area contributed by atoms with E-state index in [2.05, 4.69) is 5.32 Å². The number of amides is 2. The predicted molar refractivity (Wildman–Crippen MR) is 89.5 cm³/mol. The SMILES string of the molecule is CN(CCS(C)(=O)=O)C(=O)N[C@@H](c1cccc(F)c1)C(C)(C)C. The second kappa shape index (κ2) is 7.29. The van der Waals surface area contributed by atoms with E-state index in [-0.39, 0.29) is 23.5 Å². The Bertz CT molecular complexity index is 654. The van der Waals surface area contributed by atoms with Gasteiger partial charge in [-0.15, -0.1) is 0 Å². The van der Waals surface area contributed by atoms with Crippen LogP contribution in [0.2, 0.25) is 0 Å². The summed E-state index contributed by atoms with van der Waals surface area (Å²) in [6.45, 7) is 5.93. The summed E-state index contributed by atoms with van der Waals surface area (Å²) in [7, 11) is -1.61. The van der Waals surface area contributed by atoms with E-state index in [1.165, 1.54) is 24.1 Å². The zero-order valence-electron chi connectivity index (χ0n) is 14.3. The molecule has 0 fully saturated rings. The van der Waals surface area contributed by atoms with E-state index in [4.69, 9.17) is 0 Å². The zero-order chi connectivity index (χ0) is 17.8. The molecule has 0 saturated heterocycles. The molecule has 23 heavy (non-hydrogen) atoms. The fraction of sp³-hybridized carbons (Fsp3) is 0.562. The van der Waals surface area contributed by atoms with Crippen molar-refractivity contribution in [1.82, 2.24) is 10.2 Å². The van der Waals surface area contributed by atoms with E-state index in [0.29, 0.717) is 5.56 Å². The van der Waals surface area contributed by atoms with E-state index in [9.17, 15) is 17.6 Å². The Morgan fingerprint density at radius 3 is 2.43 bits per heavy atom. The van der Waals surface area contributed by atoms with Gasteiger partial charge in [-0.2, -0.15) is 0 Å². The highest BCUT2D eigenvalue weighted by atomic mass is 32.2. The Morgan fingerprint density at radius 1 is 1.35 bits per heavy atom. The minimum Gasteiger partial charge on any atom is -0.331 e. The first-order valence-electron chi connectivity index (χ1n) is 7.35. The highest BCUT2D eigenvalue weighted by Crippen LogP contribution is 2.33. The third-order valence-corrected chi connectivity index (χ3v) is 4.38. The van der Waals surface area contributed by atoms with Crippen LogP contribution in [-0.4, -0.2) is 44.9 Å². The molecule has 0 saturated carbocycles. The van der Waals surface area contributed by atoms with Crippen LogP contribution in [0.1, 0.15) is 32.4 Å². The second-order valence-corrected chi connectivity index (χ2v) is 9.11. The molecule has 0 bridgehead atoms. The average Bonchev–Trinajstić information content (AvgIpc) is 2.39. The lowest BCUT2D eigenvalue weighted by Gasteiger charge is -2.33. The summed E-state index contributed by atoms with van der Waals surface area (Å²) in [5.41, 5.74) is 0.337. The Morgan fingerprint density at radius 2 is 1.96 bits per heavy atom. The van der Waals surface area contributed by atoms with Gasteiger partial charge in [0.2, 0.25) is 0 Å². The van der Waals surface area contributed by atoms with Crippen LogP contribution < -0.4 is 5.32 Å². The van der Waals surface area contributed by atoms with Gasteiger partial charge in [-0.1, -0.05) is 32.9 Å². The molecule has 0 aliphatic carbocycles. The molecule has 0 spiro atoms. The summed E-state index contributed by atoms with van der Waals surface area (Å²) in [4.78, 5) is 13.6. The van der Waals surface area contributed by atoms with Crippen molar-refractivity contribution in [3.05, 3.63) is 35.6 Å². The number of hydrogen-bond acceptors (Lipinski definition) is 3. The molecule has 1 aromatic carbocycles. The van der Waals surface area contributed by atoms with Gasteiger partial charge in [0, 0.05) is 19.8 Å². The van der Waals surface area contributed by atoms with Crippen LogP contribution in [0.5, 0.6) is 0 Å². The molecule has 5 nitrogen and oxygen atoms in total. The molecule has 0 aromatic heterocycles. The lowest BCUT2D eigenvalue weighted by atomic mass is 9.82. The highest BCUT2D eigenvalue weighted by Gasteiger charge is 2.29. The molecule has 0 unspecified atom stereocenters. The molecule has 0 heterocycles. The summed E-state index contributed by atoms with van der Waals surface area (Å²) in [6.07, 6.45) is 1.13. The van der Waals surface area contributed by atoms with Crippen molar-refractivity contribution in [1.29, 1.82) is 0 Å². The van der Waals surface area contributed by atoms with Crippen molar-refractivity contribution in [2.45, 2.75) is 26.8 Å². The van der Waals surface area contributed by atoms with Crippen LogP contribution in [0.4, 0.5) is 9.18 Å². The lowest BCUT2D eigenvalue weighted by molar-refractivity contribution is 0.191. The molecule has 130 valence electrons. The van der Waals surface area contributed by atoms with E-state index >= 15 is 0 Å². The van der Waals surface area contributed by atoms with Gasteiger partial charge in [0.25, 0.3) is 0 Å². The maximum Gasteiger partial charge on any atom is 0.317 e. The number of nitrogens with zero attached hydrogens (tertiary/aromatic N) is 1. The van der Waals surface area contributed by atoms with Crippen LogP contribution in [-0.2, 0) is 9.84 Å². The molecular formula is C16H25FN2O3S. The molecule has 0 aliphatic heterocycles. The van der Waals surface area contributed by atoms with Gasteiger partial charge in [-0.05, 0) is 23.1 Å². The Labute approximate surface area is 137 Å². The van der Waals surface area contributed by atoms with Gasteiger partial charge in [-0.3, -0.25) is 0 Å². The fourth-order valence-electron chi connectivity index (χ4n) is 2.12. The summed E-state index contributed by atoms with van der Waals surface area (Å²) in [5, 5.41) is 2.86. The lowest BCUT2D eigenvalue weighted by Crippen LogP contribution is -2.44. The van der Waals surface area contributed by atoms with Gasteiger partial charge >= 0.3 is 6.03 Å². The third-order valence-electron chi connectivity index (χ3n) is 3.46. The second-order valence-electron chi connectivity index (χ2n) is 6.85. The van der Waals surface area contributed by atoms with Crippen molar-refractivity contribution in [3.8, 4) is 0 Å². The Kier molecular flexibility index (Phi) is 6.16. The van der Waals surface area contributed by atoms with Crippen LogP contribution in [0.25, 0.3) is 0 Å². The maximum absolute atomic E-state index is 13.5. The van der Waals surface area contributed by atoms with E-state index in [1.54, 1.807) is 12.1 Å². The summed E-state index contributed by atoms with van der Waals surface area (Å²) < 4.78 is 35.9. The minimum atomic E-state index is -3.14. The quantitative estimate of drug-likeness (QED) is 0.893. The number of nitrogens with one attached hydrogen (secondary N) is 1. The normalized spacial score (nSPS) is 13.5. The third kappa shape index (κ3) is 6.56. The van der Waals surface area contributed by atoms with Crippen molar-refractivity contribution >= 4 is 15.9 Å².